The van der Waals surface area contributed by atoms with E-state index in [1.807, 2.05) is 30.3 Å². The SMILES string of the molecule is O=C(Cc1ccccc1)Nc1nc2c(ncn2[C@H]2C[C@H](O)[C@@H](CO)O2)c(=O)[nH]1. The summed E-state index contributed by atoms with van der Waals surface area (Å²) in [5.74, 6) is -0.329. The van der Waals surface area contributed by atoms with E-state index in [1.165, 1.54) is 10.9 Å². The van der Waals surface area contributed by atoms with Crippen LogP contribution in [-0.4, -0.2) is 54.5 Å². The van der Waals surface area contributed by atoms with Gasteiger partial charge in [-0.15, -0.1) is 0 Å². The van der Waals surface area contributed by atoms with Gasteiger partial charge in [0.15, 0.2) is 11.2 Å². The van der Waals surface area contributed by atoms with Gasteiger partial charge in [0.25, 0.3) is 5.56 Å². The van der Waals surface area contributed by atoms with Crippen LogP contribution in [0.4, 0.5) is 5.95 Å². The molecular weight excluding hydrogens is 366 g/mol. The lowest BCUT2D eigenvalue weighted by molar-refractivity contribution is -0.115. The number of ether oxygens (including phenoxy) is 1. The summed E-state index contributed by atoms with van der Waals surface area (Å²) < 4.78 is 7.11. The van der Waals surface area contributed by atoms with Crippen molar-refractivity contribution in [1.29, 1.82) is 0 Å². The summed E-state index contributed by atoms with van der Waals surface area (Å²) in [6.07, 6.45) is -0.424. The zero-order valence-electron chi connectivity index (χ0n) is 14.8. The van der Waals surface area contributed by atoms with E-state index in [0.717, 1.165) is 5.56 Å². The second-order valence-corrected chi connectivity index (χ2v) is 6.56. The summed E-state index contributed by atoms with van der Waals surface area (Å²) in [5, 5.41) is 21.8. The summed E-state index contributed by atoms with van der Waals surface area (Å²) >= 11 is 0. The summed E-state index contributed by atoms with van der Waals surface area (Å²) in [6, 6.07) is 9.19. The number of H-pyrrole nitrogens is 1. The van der Waals surface area contributed by atoms with Gasteiger partial charge >= 0.3 is 0 Å². The predicted molar refractivity (Wildman–Crippen MR) is 98.5 cm³/mol. The Labute approximate surface area is 158 Å². The Hall–Kier alpha value is -3.08. The highest BCUT2D eigenvalue weighted by Crippen LogP contribution is 2.30. The van der Waals surface area contributed by atoms with Gasteiger partial charge in [-0.2, -0.15) is 4.98 Å². The molecule has 28 heavy (non-hydrogen) atoms. The molecule has 3 heterocycles. The van der Waals surface area contributed by atoms with Gasteiger partial charge in [0.1, 0.15) is 12.3 Å². The standard InChI is InChI=1S/C18H19N5O5/c24-8-12-11(25)7-14(28-12)23-9-19-15-16(23)21-18(22-17(15)27)20-13(26)6-10-4-2-1-3-5-10/h1-5,9,11-12,14,24-25H,6-8H2,(H2,20,21,22,26,27)/t11-,12+,14+/m0/s1. The summed E-state index contributed by atoms with van der Waals surface area (Å²) in [5.41, 5.74) is 0.633. The van der Waals surface area contributed by atoms with E-state index in [9.17, 15) is 19.8 Å². The zero-order valence-corrected chi connectivity index (χ0v) is 14.8. The first-order valence-electron chi connectivity index (χ1n) is 8.80. The quantitative estimate of drug-likeness (QED) is 0.482. The number of aliphatic hydroxyl groups is 2. The molecule has 10 nitrogen and oxygen atoms in total. The number of fused-ring (bicyclic) bond motifs is 1. The third-order valence-corrected chi connectivity index (χ3v) is 4.59. The highest BCUT2D eigenvalue weighted by molar-refractivity contribution is 5.91. The van der Waals surface area contributed by atoms with Crippen LogP contribution in [0.2, 0.25) is 0 Å². The minimum atomic E-state index is -0.834. The normalized spacial score (nSPS) is 21.9. The number of nitrogens with one attached hydrogen (secondary N) is 2. The number of anilines is 1. The first-order chi connectivity index (χ1) is 13.5. The van der Waals surface area contributed by atoms with Crippen molar-refractivity contribution in [3.05, 3.63) is 52.6 Å². The molecule has 10 heteroatoms. The predicted octanol–water partition coefficient (Wildman–Crippen LogP) is -0.0585. The lowest BCUT2D eigenvalue weighted by Gasteiger charge is -2.13. The molecule has 0 aliphatic carbocycles. The molecule has 3 atom stereocenters. The van der Waals surface area contributed by atoms with Crippen LogP contribution in [0.25, 0.3) is 11.2 Å². The summed E-state index contributed by atoms with van der Waals surface area (Å²) in [4.78, 5) is 35.4. The van der Waals surface area contributed by atoms with Crippen LogP contribution in [0, 0.1) is 0 Å². The smallest absolute Gasteiger partial charge is 0.280 e. The maximum atomic E-state index is 12.3. The Morgan fingerprint density at radius 3 is 2.86 bits per heavy atom. The van der Waals surface area contributed by atoms with Crippen LogP contribution >= 0.6 is 0 Å². The fourth-order valence-electron chi connectivity index (χ4n) is 3.20. The van der Waals surface area contributed by atoms with Crippen LogP contribution in [0.3, 0.4) is 0 Å². The van der Waals surface area contributed by atoms with Gasteiger partial charge in [0.05, 0.1) is 25.5 Å². The fourth-order valence-corrected chi connectivity index (χ4v) is 3.20. The minimum Gasteiger partial charge on any atom is -0.394 e. The highest BCUT2D eigenvalue weighted by Gasteiger charge is 2.35. The molecule has 146 valence electrons. The number of carbonyl (C=O) groups excluding carboxylic acids is 1. The van der Waals surface area contributed by atoms with Crippen molar-refractivity contribution in [2.75, 3.05) is 11.9 Å². The minimum absolute atomic E-state index is 0.00238. The Morgan fingerprint density at radius 1 is 1.36 bits per heavy atom. The van der Waals surface area contributed by atoms with Gasteiger partial charge in [-0.05, 0) is 5.56 Å². The second kappa shape index (κ2) is 7.50. The largest absolute Gasteiger partial charge is 0.394 e. The Kier molecular flexibility index (Phi) is 4.90. The second-order valence-electron chi connectivity index (χ2n) is 6.56. The van der Waals surface area contributed by atoms with Crippen molar-refractivity contribution < 1.29 is 19.7 Å². The first kappa shape index (κ1) is 18.3. The number of hydrogen-bond acceptors (Lipinski definition) is 7. The molecule has 1 aromatic carbocycles. The number of aliphatic hydroxyl groups excluding tert-OH is 2. The van der Waals surface area contributed by atoms with Crippen molar-refractivity contribution in [3.63, 3.8) is 0 Å². The zero-order chi connectivity index (χ0) is 19.7. The number of rotatable bonds is 5. The van der Waals surface area contributed by atoms with Crippen molar-refractivity contribution in [1.82, 2.24) is 19.5 Å². The molecule has 0 radical (unpaired) electrons. The fraction of sp³-hybridized carbons (Fsp3) is 0.333. The molecule has 0 bridgehead atoms. The van der Waals surface area contributed by atoms with Crippen molar-refractivity contribution in [2.24, 2.45) is 0 Å². The van der Waals surface area contributed by atoms with E-state index < -0.39 is 24.0 Å². The first-order valence-corrected chi connectivity index (χ1v) is 8.80. The molecule has 3 aromatic rings. The van der Waals surface area contributed by atoms with Gasteiger partial charge in [-0.25, -0.2) is 4.98 Å². The average molecular weight is 385 g/mol. The molecule has 0 unspecified atom stereocenters. The van der Waals surface area contributed by atoms with Crippen LogP contribution in [0.15, 0.2) is 41.5 Å². The van der Waals surface area contributed by atoms with Crippen LogP contribution in [-0.2, 0) is 16.0 Å². The molecule has 1 aliphatic rings. The number of imidazole rings is 1. The number of hydrogen-bond donors (Lipinski definition) is 4. The molecule has 1 aliphatic heterocycles. The number of benzene rings is 1. The van der Waals surface area contributed by atoms with Crippen LogP contribution in [0.5, 0.6) is 0 Å². The molecule has 2 aromatic heterocycles. The molecule has 1 fully saturated rings. The third kappa shape index (κ3) is 3.52. The lowest BCUT2D eigenvalue weighted by Crippen LogP contribution is -2.24. The van der Waals surface area contributed by atoms with Crippen molar-refractivity contribution in [3.8, 4) is 0 Å². The molecule has 1 saturated heterocycles. The van der Waals surface area contributed by atoms with E-state index in [2.05, 4.69) is 20.3 Å². The van der Waals surface area contributed by atoms with E-state index >= 15 is 0 Å². The number of carbonyl (C=O) groups is 1. The van der Waals surface area contributed by atoms with E-state index in [1.54, 1.807) is 0 Å². The van der Waals surface area contributed by atoms with Crippen LogP contribution < -0.4 is 10.9 Å². The van der Waals surface area contributed by atoms with Crippen LogP contribution in [0.1, 0.15) is 18.2 Å². The number of nitrogens with zero attached hydrogens (tertiary/aromatic N) is 3. The number of amides is 1. The molecule has 4 N–H and O–H groups in total. The molecule has 0 spiro atoms. The Balaban J connectivity index is 1.59. The van der Waals surface area contributed by atoms with Gasteiger partial charge in [0, 0.05) is 6.42 Å². The third-order valence-electron chi connectivity index (χ3n) is 4.59. The van der Waals surface area contributed by atoms with Gasteiger partial charge in [-0.3, -0.25) is 24.5 Å². The molecule has 4 rings (SSSR count). The maximum Gasteiger partial charge on any atom is 0.280 e. The van der Waals surface area contributed by atoms with Gasteiger partial charge in [0.2, 0.25) is 11.9 Å². The average Bonchev–Trinajstić information content (AvgIpc) is 3.25. The summed E-state index contributed by atoms with van der Waals surface area (Å²) in [7, 11) is 0. The van der Waals surface area contributed by atoms with E-state index in [0.29, 0.717) is 0 Å². The van der Waals surface area contributed by atoms with E-state index in [-0.39, 0.29) is 42.5 Å². The molecule has 0 saturated carbocycles. The van der Waals surface area contributed by atoms with Gasteiger partial charge in [-0.1, -0.05) is 30.3 Å². The van der Waals surface area contributed by atoms with Gasteiger partial charge < -0.3 is 14.9 Å². The van der Waals surface area contributed by atoms with Crippen molar-refractivity contribution in [2.45, 2.75) is 31.3 Å². The number of aromatic amines is 1. The lowest BCUT2D eigenvalue weighted by atomic mass is 10.1. The maximum absolute atomic E-state index is 12.3. The molecular formula is C18H19N5O5. The van der Waals surface area contributed by atoms with E-state index in [4.69, 9.17) is 4.74 Å². The Bertz CT molecular complexity index is 1050. The van der Waals surface area contributed by atoms with Crippen molar-refractivity contribution >= 4 is 23.0 Å². The monoisotopic (exact) mass is 385 g/mol. The Morgan fingerprint density at radius 2 is 2.14 bits per heavy atom. The number of aromatic nitrogens is 4. The molecule has 1 amide bonds. The topological polar surface area (TPSA) is 142 Å². The summed E-state index contributed by atoms with van der Waals surface area (Å²) in [6.45, 7) is -0.320. The highest BCUT2D eigenvalue weighted by atomic mass is 16.5.